The van der Waals surface area contributed by atoms with Crippen molar-refractivity contribution in [1.82, 2.24) is 19.7 Å². The average Bonchev–Trinajstić information content (AvgIpc) is 3.22. The van der Waals surface area contributed by atoms with Gasteiger partial charge >= 0.3 is 0 Å². The Balaban J connectivity index is 1.72. The molecule has 2 aromatic heterocycles. The number of fused-ring (bicyclic) bond motifs is 1. The monoisotopic (exact) mass is 441 g/mol. The lowest BCUT2D eigenvalue weighted by Gasteiger charge is -2.30. The first kappa shape index (κ1) is 20.9. The molecule has 0 bridgehead atoms. The molecule has 1 aliphatic heterocycles. The number of benzene rings is 2. The number of anilines is 2. The Bertz CT molecular complexity index is 1350. The van der Waals surface area contributed by atoms with Gasteiger partial charge in [0.05, 0.1) is 35.0 Å². The zero-order valence-electron chi connectivity index (χ0n) is 18.6. The molecule has 0 radical (unpaired) electrons. The number of rotatable bonds is 4. The Morgan fingerprint density at radius 1 is 1.12 bits per heavy atom. The van der Waals surface area contributed by atoms with Gasteiger partial charge in [0.25, 0.3) is 0 Å². The van der Waals surface area contributed by atoms with Gasteiger partial charge in [-0.05, 0) is 42.7 Å². The van der Waals surface area contributed by atoms with Gasteiger partial charge in [0.2, 0.25) is 5.95 Å². The van der Waals surface area contributed by atoms with Crippen LogP contribution >= 0.6 is 0 Å². The van der Waals surface area contributed by atoms with E-state index < -0.39 is 6.17 Å². The number of nitriles is 1. The largest absolute Gasteiger partial charge is 0.372 e. The highest BCUT2D eigenvalue weighted by Gasteiger charge is 2.25. The van der Waals surface area contributed by atoms with Crippen LogP contribution in [-0.4, -0.2) is 46.1 Å². The fourth-order valence-electron chi connectivity index (χ4n) is 4.37. The van der Waals surface area contributed by atoms with Gasteiger partial charge < -0.3 is 10.2 Å². The molecule has 1 unspecified atom stereocenters. The molecule has 1 aliphatic rings. The summed E-state index contributed by atoms with van der Waals surface area (Å²) in [4.78, 5) is 11.6. The van der Waals surface area contributed by atoms with E-state index in [9.17, 15) is 9.65 Å². The van der Waals surface area contributed by atoms with E-state index in [0.717, 1.165) is 46.3 Å². The third-order valence-electron chi connectivity index (χ3n) is 5.98. The molecule has 2 aromatic carbocycles. The standard InChI is InChI=1S/C25H24FN7/c1-28-24-22(18-9-10-21-19(12-18)14-32(2)31-21)23(17-7-5-16(13-27)6-8-17)29-25(30-24)33-11-3-4-20(26)15-33/h5-10,12,14,20H,3-4,11,15H2,1-2H3,(H,28,29,30). The molecule has 1 atom stereocenters. The number of piperidine rings is 1. The lowest BCUT2D eigenvalue weighted by molar-refractivity contribution is 0.285. The quantitative estimate of drug-likeness (QED) is 0.500. The van der Waals surface area contributed by atoms with E-state index in [1.807, 2.05) is 49.5 Å². The molecule has 5 rings (SSSR count). The first-order valence-corrected chi connectivity index (χ1v) is 11.0. The zero-order valence-corrected chi connectivity index (χ0v) is 18.6. The van der Waals surface area contributed by atoms with E-state index in [2.05, 4.69) is 22.6 Å². The summed E-state index contributed by atoms with van der Waals surface area (Å²) in [5.74, 6) is 1.18. The molecule has 1 fully saturated rings. The van der Waals surface area contributed by atoms with Crippen molar-refractivity contribution < 1.29 is 4.39 Å². The molecule has 33 heavy (non-hydrogen) atoms. The summed E-state index contributed by atoms with van der Waals surface area (Å²) in [5.41, 5.74) is 4.89. The van der Waals surface area contributed by atoms with Gasteiger partial charge in [-0.25, -0.2) is 9.37 Å². The highest BCUT2D eigenvalue weighted by atomic mass is 19.1. The van der Waals surface area contributed by atoms with Gasteiger partial charge in [0.15, 0.2) is 0 Å². The minimum absolute atomic E-state index is 0.289. The molecule has 4 aromatic rings. The third-order valence-corrected chi connectivity index (χ3v) is 5.98. The third kappa shape index (κ3) is 3.98. The van der Waals surface area contributed by atoms with Gasteiger partial charge in [0, 0.05) is 37.8 Å². The van der Waals surface area contributed by atoms with Crippen molar-refractivity contribution in [3.63, 3.8) is 0 Å². The van der Waals surface area contributed by atoms with Gasteiger partial charge in [-0.2, -0.15) is 15.3 Å². The van der Waals surface area contributed by atoms with E-state index >= 15 is 0 Å². The Kier molecular flexibility index (Phi) is 5.38. The van der Waals surface area contributed by atoms with Gasteiger partial charge in [0.1, 0.15) is 12.0 Å². The van der Waals surface area contributed by atoms with Crippen molar-refractivity contribution in [1.29, 1.82) is 5.26 Å². The normalized spacial score (nSPS) is 16.1. The zero-order chi connectivity index (χ0) is 22.9. The number of nitrogens with one attached hydrogen (secondary N) is 1. The van der Waals surface area contributed by atoms with Crippen molar-refractivity contribution in [2.45, 2.75) is 19.0 Å². The fraction of sp³-hybridized carbons (Fsp3) is 0.280. The molecule has 3 heterocycles. The Morgan fingerprint density at radius 2 is 1.91 bits per heavy atom. The summed E-state index contributed by atoms with van der Waals surface area (Å²) in [6.45, 7) is 1.01. The molecular formula is C25H24FN7. The second kappa shape index (κ2) is 8.51. The smallest absolute Gasteiger partial charge is 0.228 e. The SMILES string of the molecule is CNc1nc(N2CCCC(F)C2)nc(-c2ccc(C#N)cc2)c1-c1ccc2nn(C)cc2c1. The molecule has 8 heteroatoms. The molecule has 1 N–H and O–H groups in total. The summed E-state index contributed by atoms with van der Waals surface area (Å²) in [7, 11) is 3.73. The summed E-state index contributed by atoms with van der Waals surface area (Å²) in [5, 5.41) is 17.9. The maximum atomic E-state index is 14.2. The van der Waals surface area contributed by atoms with Crippen LogP contribution in [0.25, 0.3) is 33.3 Å². The average molecular weight is 442 g/mol. The molecule has 0 amide bonds. The Morgan fingerprint density at radius 3 is 2.64 bits per heavy atom. The van der Waals surface area contributed by atoms with E-state index in [1.165, 1.54) is 0 Å². The Hall–Kier alpha value is -3.99. The maximum Gasteiger partial charge on any atom is 0.228 e. The van der Waals surface area contributed by atoms with Crippen LogP contribution in [0.15, 0.2) is 48.7 Å². The lowest BCUT2D eigenvalue weighted by Crippen LogP contribution is -2.37. The second-order valence-electron chi connectivity index (χ2n) is 8.30. The van der Waals surface area contributed by atoms with Gasteiger partial charge in [-0.1, -0.05) is 18.2 Å². The number of halogens is 1. The van der Waals surface area contributed by atoms with E-state index in [4.69, 9.17) is 9.97 Å². The number of hydrogen-bond acceptors (Lipinski definition) is 6. The van der Waals surface area contributed by atoms with Gasteiger partial charge in [-0.3, -0.25) is 4.68 Å². The first-order chi connectivity index (χ1) is 16.1. The maximum absolute atomic E-state index is 14.2. The summed E-state index contributed by atoms with van der Waals surface area (Å²) < 4.78 is 15.9. The number of alkyl halides is 1. The number of hydrogen-bond donors (Lipinski definition) is 1. The van der Waals surface area contributed by atoms with Crippen LogP contribution in [0, 0.1) is 11.3 Å². The van der Waals surface area contributed by atoms with E-state index in [-0.39, 0.29) is 6.54 Å². The number of aromatic nitrogens is 4. The highest BCUT2D eigenvalue weighted by molar-refractivity contribution is 5.93. The summed E-state index contributed by atoms with van der Waals surface area (Å²) in [6, 6.07) is 15.6. The van der Waals surface area contributed by atoms with Crippen molar-refractivity contribution in [2.75, 3.05) is 30.4 Å². The molecule has 1 saturated heterocycles. The fourth-order valence-corrected chi connectivity index (χ4v) is 4.37. The van der Waals surface area contributed by atoms with Gasteiger partial charge in [-0.15, -0.1) is 0 Å². The molecule has 0 spiro atoms. The highest BCUT2D eigenvalue weighted by Crippen LogP contribution is 2.38. The molecule has 166 valence electrons. The molecular weight excluding hydrogens is 417 g/mol. The van der Waals surface area contributed by atoms with E-state index in [0.29, 0.717) is 23.8 Å². The number of nitrogens with zero attached hydrogens (tertiary/aromatic N) is 6. The topological polar surface area (TPSA) is 82.7 Å². The minimum Gasteiger partial charge on any atom is -0.372 e. The van der Waals surface area contributed by atoms with Crippen molar-refractivity contribution >= 4 is 22.7 Å². The van der Waals surface area contributed by atoms with Crippen LogP contribution in [0.3, 0.4) is 0 Å². The van der Waals surface area contributed by atoms with Crippen LogP contribution in [0.4, 0.5) is 16.2 Å². The summed E-state index contributed by atoms with van der Waals surface area (Å²) in [6.07, 6.45) is 2.43. The Labute approximate surface area is 191 Å². The minimum atomic E-state index is -0.883. The molecule has 0 aliphatic carbocycles. The van der Waals surface area contributed by atoms with E-state index in [1.54, 1.807) is 16.8 Å². The summed E-state index contributed by atoms with van der Waals surface area (Å²) >= 11 is 0. The van der Waals surface area contributed by atoms with Crippen LogP contribution in [0.1, 0.15) is 18.4 Å². The van der Waals surface area contributed by atoms with Crippen LogP contribution in [0.5, 0.6) is 0 Å². The van der Waals surface area contributed by atoms with Crippen LogP contribution < -0.4 is 10.2 Å². The predicted molar refractivity (Wildman–Crippen MR) is 128 cm³/mol. The first-order valence-electron chi connectivity index (χ1n) is 11.0. The van der Waals surface area contributed by atoms with Crippen molar-refractivity contribution in [3.8, 4) is 28.5 Å². The second-order valence-corrected chi connectivity index (χ2v) is 8.30. The lowest BCUT2D eigenvalue weighted by atomic mass is 9.98. The predicted octanol–water partition coefficient (Wildman–Crippen LogP) is 4.55. The molecule has 7 nitrogen and oxygen atoms in total. The van der Waals surface area contributed by atoms with Crippen molar-refractivity contribution in [2.24, 2.45) is 7.05 Å². The molecule has 0 saturated carbocycles. The number of aryl methyl sites for hydroxylation is 1. The van der Waals surface area contributed by atoms with Crippen LogP contribution in [-0.2, 0) is 7.05 Å². The van der Waals surface area contributed by atoms with Crippen molar-refractivity contribution in [3.05, 3.63) is 54.2 Å². The van der Waals surface area contributed by atoms with Crippen LogP contribution in [0.2, 0.25) is 0 Å².